The fraction of sp³-hybridized carbons (Fsp3) is 0.360. The lowest BCUT2D eigenvalue weighted by molar-refractivity contribution is -0.139. The number of hydrogen-bond donors (Lipinski definition) is 4. The van der Waals surface area contributed by atoms with Gasteiger partial charge in [0.05, 0.1) is 21.9 Å². The number of sulfonamides is 1. The second-order valence-corrected chi connectivity index (χ2v) is 12.3. The van der Waals surface area contributed by atoms with E-state index in [1.54, 1.807) is 49.3 Å². The summed E-state index contributed by atoms with van der Waals surface area (Å²) in [6.07, 6.45) is 1.15. The second kappa shape index (κ2) is 13.7. The molecule has 0 radical (unpaired) electrons. The van der Waals surface area contributed by atoms with E-state index in [2.05, 4.69) is 20.5 Å². The largest absolute Gasteiger partial charge is 0.480 e. The van der Waals surface area contributed by atoms with Gasteiger partial charge in [0.1, 0.15) is 6.04 Å². The van der Waals surface area contributed by atoms with E-state index in [4.69, 9.17) is 34.8 Å². The first-order valence-corrected chi connectivity index (χ1v) is 15.2. The van der Waals surface area contributed by atoms with Crippen LogP contribution in [0.25, 0.3) is 0 Å². The normalized spacial score (nSPS) is 14.3. The molecule has 3 rings (SSSR count). The molecule has 12 nitrogen and oxygen atoms in total. The number of hydrogen-bond acceptors (Lipinski definition) is 6. The van der Waals surface area contributed by atoms with Crippen molar-refractivity contribution < 1.29 is 27.9 Å². The highest BCUT2D eigenvalue weighted by Gasteiger charge is 2.29. The van der Waals surface area contributed by atoms with Crippen molar-refractivity contribution in [2.45, 2.75) is 25.4 Å². The van der Waals surface area contributed by atoms with Crippen LogP contribution in [0.4, 0.5) is 0 Å². The van der Waals surface area contributed by atoms with Gasteiger partial charge in [0, 0.05) is 44.3 Å². The monoisotopic (exact) mass is 646 g/mol. The van der Waals surface area contributed by atoms with Gasteiger partial charge in [0.2, 0.25) is 5.96 Å². The van der Waals surface area contributed by atoms with Crippen molar-refractivity contribution in [1.82, 2.24) is 26.0 Å². The molecule has 0 aliphatic carbocycles. The van der Waals surface area contributed by atoms with Crippen molar-refractivity contribution in [1.29, 1.82) is 0 Å². The average Bonchev–Trinajstić information content (AvgIpc) is 2.86. The number of aliphatic carboxylic acids is 1. The molecule has 0 spiro atoms. The summed E-state index contributed by atoms with van der Waals surface area (Å²) in [4.78, 5) is 39.6. The minimum atomic E-state index is -3.74. The summed E-state index contributed by atoms with van der Waals surface area (Å²) in [5.41, 5.74) is 4.39. The van der Waals surface area contributed by atoms with E-state index >= 15 is 0 Å². The molecule has 2 amide bonds. The molecule has 1 atom stereocenters. The Kier molecular flexibility index (Phi) is 10.8. The van der Waals surface area contributed by atoms with Crippen molar-refractivity contribution in [3.8, 4) is 0 Å². The maximum absolute atomic E-state index is 13.1. The second-order valence-electron chi connectivity index (χ2n) is 9.43. The van der Waals surface area contributed by atoms with Crippen LogP contribution in [0, 0.1) is 0 Å². The number of carbonyl (C=O) groups is 3. The quantitative estimate of drug-likeness (QED) is 0.182. The summed E-state index contributed by atoms with van der Waals surface area (Å²) in [6.45, 7) is 0.522. The zero-order valence-electron chi connectivity index (χ0n) is 22.4. The van der Waals surface area contributed by atoms with Gasteiger partial charge in [-0.3, -0.25) is 15.0 Å². The van der Waals surface area contributed by atoms with Gasteiger partial charge in [-0.2, -0.15) is 0 Å². The summed E-state index contributed by atoms with van der Waals surface area (Å²) in [6, 6.07) is 6.74. The van der Waals surface area contributed by atoms with E-state index in [9.17, 15) is 27.9 Å². The van der Waals surface area contributed by atoms with Gasteiger partial charge in [-0.1, -0.05) is 34.8 Å². The van der Waals surface area contributed by atoms with E-state index in [1.807, 2.05) is 0 Å². The lowest BCUT2D eigenvalue weighted by Crippen LogP contribution is -2.48. The molecular weight excluding hydrogens is 619 g/mol. The Bertz CT molecular complexity index is 1470. The molecule has 16 heteroatoms. The molecular formula is C25H29Cl3N6O6S. The Morgan fingerprint density at radius 1 is 1.15 bits per heavy atom. The van der Waals surface area contributed by atoms with Crippen molar-refractivity contribution in [3.63, 3.8) is 0 Å². The molecule has 2 aromatic carbocycles. The van der Waals surface area contributed by atoms with Crippen LogP contribution in [0.2, 0.25) is 15.1 Å². The number of carbonyl (C=O) groups excluding carboxylic acids is 2. The topological polar surface area (TPSA) is 161 Å². The number of guanidine groups is 1. The number of nitrogens with one attached hydrogen (secondary N) is 3. The summed E-state index contributed by atoms with van der Waals surface area (Å²) < 4.78 is 26.6. The molecule has 0 saturated heterocycles. The van der Waals surface area contributed by atoms with Crippen LogP contribution in [0.1, 0.15) is 38.3 Å². The minimum Gasteiger partial charge on any atom is -0.480 e. The van der Waals surface area contributed by atoms with Crippen molar-refractivity contribution in [3.05, 3.63) is 67.7 Å². The van der Waals surface area contributed by atoms with Gasteiger partial charge in [0.15, 0.2) is 0 Å². The SMILES string of the molecule is CN(C)N/C(=N/S(C)(=O)=O)NCC[C@H](NC(=O)c1c(Cl)cc2c(c1Cl)CCN(C(=O)c1ccc(Cl)cc1)C2)C(=O)O. The highest BCUT2D eigenvalue weighted by atomic mass is 35.5. The highest BCUT2D eigenvalue weighted by Crippen LogP contribution is 2.35. The van der Waals surface area contributed by atoms with E-state index in [0.29, 0.717) is 34.7 Å². The number of carboxylic acid groups (broad SMARTS) is 1. The van der Waals surface area contributed by atoms with Gasteiger partial charge < -0.3 is 20.6 Å². The average molecular weight is 648 g/mol. The number of amides is 2. The molecule has 0 fully saturated rings. The van der Waals surface area contributed by atoms with Crippen LogP contribution in [-0.2, 0) is 27.8 Å². The van der Waals surface area contributed by atoms with Gasteiger partial charge in [-0.25, -0.2) is 18.2 Å². The Morgan fingerprint density at radius 2 is 1.80 bits per heavy atom. The first-order chi connectivity index (χ1) is 19.2. The molecule has 1 heterocycles. The molecule has 4 N–H and O–H groups in total. The lowest BCUT2D eigenvalue weighted by atomic mass is 9.96. The molecule has 1 aliphatic rings. The number of halogens is 3. The van der Waals surface area contributed by atoms with Crippen LogP contribution in [0.15, 0.2) is 34.7 Å². The van der Waals surface area contributed by atoms with E-state index in [-0.39, 0.29) is 47.0 Å². The van der Waals surface area contributed by atoms with Gasteiger partial charge in [-0.15, -0.1) is 4.40 Å². The Hall–Kier alpha value is -3.10. The first-order valence-electron chi connectivity index (χ1n) is 12.2. The number of fused-ring (bicyclic) bond motifs is 1. The van der Waals surface area contributed by atoms with Gasteiger partial charge in [0.25, 0.3) is 21.8 Å². The summed E-state index contributed by atoms with van der Waals surface area (Å²) in [7, 11) is -0.514. The molecule has 222 valence electrons. The lowest BCUT2D eigenvalue weighted by Gasteiger charge is -2.30. The summed E-state index contributed by atoms with van der Waals surface area (Å²) in [5, 5.41) is 16.9. The highest BCUT2D eigenvalue weighted by molar-refractivity contribution is 7.89. The van der Waals surface area contributed by atoms with Crippen LogP contribution in [0.5, 0.6) is 0 Å². The van der Waals surface area contributed by atoms with Crippen molar-refractivity contribution in [2.24, 2.45) is 4.40 Å². The number of hydrazine groups is 1. The van der Waals surface area contributed by atoms with Crippen molar-refractivity contribution >= 4 is 68.6 Å². The maximum Gasteiger partial charge on any atom is 0.326 e. The van der Waals surface area contributed by atoms with Crippen LogP contribution >= 0.6 is 34.8 Å². The van der Waals surface area contributed by atoms with E-state index in [0.717, 1.165) is 6.26 Å². The Morgan fingerprint density at radius 3 is 2.39 bits per heavy atom. The fourth-order valence-corrected chi connectivity index (χ4v) is 5.43. The summed E-state index contributed by atoms with van der Waals surface area (Å²) >= 11 is 18.9. The molecule has 0 bridgehead atoms. The van der Waals surface area contributed by atoms with Crippen LogP contribution in [0.3, 0.4) is 0 Å². The predicted molar refractivity (Wildman–Crippen MR) is 157 cm³/mol. The zero-order valence-corrected chi connectivity index (χ0v) is 25.5. The standard InChI is InChI=1S/C25H29Cl3N6O6S/c1-33(2)31-25(32-41(3,39)40)29-10-8-19(24(37)38)30-22(35)20-18(27)12-15-13-34(11-9-17(15)21(20)28)23(36)14-4-6-16(26)7-5-14/h4-7,12,19H,8-11,13H2,1-3H3,(H,30,35)(H,37,38)(H2,29,31,32)/t19-/m0/s1. The molecule has 1 aliphatic heterocycles. The number of rotatable bonds is 9. The minimum absolute atomic E-state index is 0.00654. The third-order valence-electron chi connectivity index (χ3n) is 5.93. The Balaban J connectivity index is 1.72. The maximum atomic E-state index is 13.1. The Labute approximate surface area is 252 Å². The van der Waals surface area contributed by atoms with E-state index < -0.39 is 27.9 Å². The third kappa shape index (κ3) is 8.94. The van der Waals surface area contributed by atoms with Gasteiger partial charge >= 0.3 is 5.97 Å². The molecule has 2 aromatic rings. The number of nitrogens with zero attached hydrogens (tertiary/aromatic N) is 3. The van der Waals surface area contributed by atoms with Crippen LogP contribution in [-0.4, -0.2) is 86.7 Å². The fourth-order valence-electron chi connectivity index (χ4n) is 4.10. The van der Waals surface area contributed by atoms with E-state index in [1.165, 1.54) is 5.01 Å². The molecule has 0 unspecified atom stereocenters. The number of carboxylic acids is 1. The molecule has 0 aromatic heterocycles. The first kappa shape index (κ1) is 32.4. The van der Waals surface area contributed by atoms with Gasteiger partial charge in [-0.05, 0) is 54.3 Å². The predicted octanol–water partition coefficient (Wildman–Crippen LogP) is 2.39. The third-order valence-corrected chi connectivity index (χ3v) is 7.41. The van der Waals surface area contributed by atoms with Crippen molar-refractivity contribution in [2.75, 3.05) is 33.4 Å². The smallest absolute Gasteiger partial charge is 0.326 e. The van der Waals surface area contributed by atoms with Crippen LogP contribution < -0.4 is 16.1 Å². The summed E-state index contributed by atoms with van der Waals surface area (Å²) in [5.74, 6) is -2.41. The molecule has 0 saturated carbocycles. The molecule has 41 heavy (non-hydrogen) atoms. The zero-order chi connectivity index (χ0) is 30.5. The number of benzene rings is 2.